The molecular weight excluding hydrogens is 430 g/mol. The van der Waals surface area contributed by atoms with Crippen LogP contribution in [0.1, 0.15) is 32.3 Å². The van der Waals surface area contributed by atoms with E-state index in [4.69, 9.17) is 16.6 Å². The van der Waals surface area contributed by atoms with E-state index in [9.17, 15) is 9.59 Å². The number of aromatic nitrogens is 2. The standard InChI is InChI=1S/C24H26ClN3O2S/c1-16-11-13-27(14-12-16)22(29)17(2)31-24-26-21-10-6-4-8-19(21)23(30)28(24)15-18-7-3-5-9-20(18)25/h3-10,16-17H,11-15H2,1-2H3/t17-/m1/s1. The van der Waals surface area contributed by atoms with E-state index in [1.165, 1.54) is 11.8 Å². The average Bonchev–Trinajstić information content (AvgIpc) is 2.77. The maximum atomic E-state index is 13.3. The second kappa shape index (κ2) is 9.45. The predicted octanol–water partition coefficient (Wildman–Crippen LogP) is 4.84. The van der Waals surface area contributed by atoms with Gasteiger partial charge in [-0.2, -0.15) is 0 Å². The predicted molar refractivity (Wildman–Crippen MR) is 127 cm³/mol. The Hall–Kier alpha value is -2.31. The van der Waals surface area contributed by atoms with Crippen LogP contribution in [0.2, 0.25) is 5.02 Å². The van der Waals surface area contributed by atoms with Crippen molar-refractivity contribution in [3.63, 3.8) is 0 Å². The number of para-hydroxylation sites is 1. The number of likely N-dealkylation sites (tertiary alicyclic amines) is 1. The smallest absolute Gasteiger partial charge is 0.262 e. The molecule has 5 nitrogen and oxygen atoms in total. The number of carbonyl (C=O) groups excluding carboxylic acids is 1. The third kappa shape index (κ3) is 4.80. The van der Waals surface area contributed by atoms with E-state index >= 15 is 0 Å². The molecule has 7 heteroatoms. The summed E-state index contributed by atoms with van der Waals surface area (Å²) in [7, 11) is 0. The van der Waals surface area contributed by atoms with Crippen molar-refractivity contribution in [2.45, 2.75) is 43.6 Å². The molecule has 4 rings (SSSR count). The van der Waals surface area contributed by atoms with E-state index < -0.39 is 0 Å². The Morgan fingerprint density at radius 1 is 1.16 bits per heavy atom. The fraction of sp³-hybridized carbons (Fsp3) is 0.375. The van der Waals surface area contributed by atoms with E-state index in [1.807, 2.05) is 54.3 Å². The van der Waals surface area contributed by atoms with Crippen molar-refractivity contribution in [3.8, 4) is 0 Å². The van der Waals surface area contributed by atoms with Crippen molar-refractivity contribution in [2.75, 3.05) is 13.1 Å². The molecule has 0 radical (unpaired) electrons. The molecule has 0 bridgehead atoms. The molecule has 1 aliphatic heterocycles. The molecule has 3 aromatic rings. The molecule has 31 heavy (non-hydrogen) atoms. The lowest BCUT2D eigenvalue weighted by Crippen LogP contribution is -2.42. The number of benzene rings is 2. The lowest BCUT2D eigenvalue weighted by molar-refractivity contribution is -0.131. The molecule has 2 heterocycles. The topological polar surface area (TPSA) is 55.2 Å². The minimum absolute atomic E-state index is 0.101. The zero-order valence-electron chi connectivity index (χ0n) is 17.8. The van der Waals surface area contributed by atoms with Crippen molar-refractivity contribution in [2.24, 2.45) is 5.92 Å². The number of nitrogens with zero attached hydrogens (tertiary/aromatic N) is 3. The van der Waals surface area contributed by atoms with Crippen LogP contribution in [-0.4, -0.2) is 38.7 Å². The summed E-state index contributed by atoms with van der Waals surface area (Å²) in [6, 6.07) is 14.8. The third-order valence-electron chi connectivity index (χ3n) is 5.84. The first-order valence-corrected chi connectivity index (χ1v) is 11.9. The summed E-state index contributed by atoms with van der Waals surface area (Å²) in [6.07, 6.45) is 2.07. The van der Waals surface area contributed by atoms with Gasteiger partial charge in [-0.3, -0.25) is 14.2 Å². The number of hydrogen-bond acceptors (Lipinski definition) is 4. The average molecular weight is 456 g/mol. The first kappa shape index (κ1) is 21.9. The largest absolute Gasteiger partial charge is 0.342 e. The van der Waals surface area contributed by atoms with Gasteiger partial charge in [0.05, 0.1) is 22.7 Å². The lowest BCUT2D eigenvalue weighted by atomic mass is 9.99. The summed E-state index contributed by atoms with van der Waals surface area (Å²) in [4.78, 5) is 33.1. The molecule has 0 aliphatic carbocycles. The number of halogens is 1. The van der Waals surface area contributed by atoms with Gasteiger partial charge >= 0.3 is 0 Å². The zero-order chi connectivity index (χ0) is 22.0. The number of fused-ring (bicyclic) bond motifs is 1. The van der Waals surface area contributed by atoms with Crippen molar-refractivity contribution in [1.82, 2.24) is 14.5 Å². The van der Waals surface area contributed by atoms with Gasteiger partial charge in [0.1, 0.15) is 0 Å². The lowest BCUT2D eigenvalue weighted by Gasteiger charge is -2.32. The number of rotatable bonds is 5. The van der Waals surface area contributed by atoms with Gasteiger partial charge in [-0.25, -0.2) is 4.98 Å². The third-order valence-corrected chi connectivity index (χ3v) is 7.28. The Kier molecular flexibility index (Phi) is 6.68. The van der Waals surface area contributed by atoms with E-state index in [-0.39, 0.29) is 16.7 Å². The molecule has 162 valence electrons. The molecule has 0 unspecified atom stereocenters. The van der Waals surface area contributed by atoms with Gasteiger partial charge < -0.3 is 4.90 Å². The van der Waals surface area contributed by atoms with Crippen LogP contribution >= 0.6 is 23.4 Å². The first-order valence-electron chi connectivity index (χ1n) is 10.6. The Morgan fingerprint density at radius 3 is 2.58 bits per heavy atom. The van der Waals surface area contributed by atoms with Crippen LogP contribution in [-0.2, 0) is 11.3 Å². The second-order valence-corrected chi connectivity index (χ2v) is 9.88. The van der Waals surface area contributed by atoms with Gasteiger partial charge in [0, 0.05) is 18.1 Å². The number of amides is 1. The number of hydrogen-bond donors (Lipinski definition) is 0. The normalized spacial score (nSPS) is 15.9. The van der Waals surface area contributed by atoms with Gasteiger partial charge in [-0.1, -0.05) is 60.6 Å². The number of thioether (sulfide) groups is 1. The summed E-state index contributed by atoms with van der Waals surface area (Å²) in [6.45, 7) is 6.02. The van der Waals surface area contributed by atoms with Gasteiger partial charge in [-0.15, -0.1) is 0 Å². The highest BCUT2D eigenvalue weighted by Crippen LogP contribution is 2.27. The summed E-state index contributed by atoms with van der Waals surface area (Å²) in [5.41, 5.74) is 1.35. The van der Waals surface area contributed by atoms with Crippen LogP contribution in [0.15, 0.2) is 58.5 Å². The molecule has 1 aromatic heterocycles. The second-order valence-electron chi connectivity index (χ2n) is 8.16. The highest BCUT2D eigenvalue weighted by Gasteiger charge is 2.26. The fourth-order valence-electron chi connectivity index (χ4n) is 3.87. The van der Waals surface area contributed by atoms with Crippen molar-refractivity contribution in [1.29, 1.82) is 0 Å². The molecule has 2 aromatic carbocycles. The van der Waals surface area contributed by atoms with E-state index in [2.05, 4.69) is 6.92 Å². The van der Waals surface area contributed by atoms with Crippen LogP contribution in [0, 0.1) is 5.92 Å². The molecule has 1 atom stereocenters. The number of carbonyl (C=O) groups is 1. The van der Waals surface area contributed by atoms with Crippen LogP contribution in [0.4, 0.5) is 0 Å². The molecule has 0 saturated carbocycles. The molecule has 1 fully saturated rings. The number of piperidine rings is 1. The fourth-order valence-corrected chi connectivity index (χ4v) is 5.06. The molecule has 1 aliphatic rings. The molecule has 1 saturated heterocycles. The van der Waals surface area contributed by atoms with Crippen LogP contribution < -0.4 is 5.56 Å². The molecular formula is C24H26ClN3O2S. The van der Waals surface area contributed by atoms with Crippen molar-refractivity contribution in [3.05, 3.63) is 69.5 Å². The van der Waals surface area contributed by atoms with E-state index in [1.54, 1.807) is 10.6 Å². The molecule has 0 N–H and O–H groups in total. The summed E-state index contributed by atoms with van der Waals surface area (Å²) in [5, 5.41) is 1.36. The highest BCUT2D eigenvalue weighted by molar-refractivity contribution is 8.00. The maximum absolute atomic E-state index is 13.3. The van der Waals surface area contributed by atoms with Gasteiger partial charge in [0.15, 0.2) is 5.16 Å². The van der Waals surface area contributed by atoms with Crippen molar-refractivity contribution >= 4 is 40.2 Å². The SMILES string of the molecule is CC1CCN(C(=O)[C@@H](C)Sc2nc3ccccc3c(=O)n2Cc2ccccc2Cl)CC1. The highest BCUT2D eigenvalue weighted by atomic mass is 35.5. The van der Waals surface area contributed by atoms with Gasteiger partial charge in [0.25, 0.3) is 5.56 Å². The minimum atomic E-state index is -0.334. The monoisotopic (exact) mass is 455 g/mol. The Morgan fingerprint density at radius 2 is 1.84 bits per heavy atom. The van der Waals surface area contributed by atoms with Gasteiger partial charge in [-0.05, 0) is 49.4 Å². The maximum Gasteiger partial charge on any atom is 0.262 e. The molecule has 0 spiro atoms. The molecule has 1 amide bonds. The van der Waals surface area contributed by atoms with Crippen LogP contribution in [0.5, 0.6) is 0 Å². The summed E-state index contributed by atoms with van der Waals surface area (Å²) >= 11 is 7.71. The quantitative estimate of drug-likeness (QED) is 0.408. The van der Waals surface area contributed by atoms with Crippen LogP contribution in [0.3, 0.4) is 0 Å². The summed E-state index contributed by atoms with van der Waals surface area (Å²) < 4.78 is 1.64. The Bertz CT molecular complexity index is 1160. The summed E-state index contributed by atoms with van der Waals surface area (Å²) in [5.74, 6) is 0.763. The Balaban J connectivity index is 1.68. The zero-order valence-corrected chi connectivity index (χ0v) is 19.3. The first-order chi connectivity index (χ1) is 14.9. The van der Waals surface area contributed by atoms with E-state index in [0.29, 0.717) is 33.5 Å². The Labute approximate surface area is 191 Å². The van der Waals surface area contributed by atoms with E-state index in [0.717, 1.165) is 31.5 Å². The van der Waals surface area contributed by atoms with Crippen molar-refractivity contribution < 1.29 is 4.79 Å². The van der Waals surface area contributed by atoms with Gasteiger partial charge in [0.2, 0.25) is 5.91 Å². The van der Waals surface area contributed by atoms with Crippen LogP contribution in [0.25, 0.3) is 10.9 Å². The minimum Gasteiger partial charge on any atom is -0.342 e.